The molecule has 1 saturated heterocycles. The Kier molecular flexibility index (Phi) is 6.52. The van der Waals surface area contributed by atoms with Crippen LogP contribution in [-0.2, 0) is 4.74 Å². The van der Waals surface area contributed by atoms with E-state index in [4.69, 9.17) is 27.9 Å². The van der Waals surface area contributed by atoms with Crippen LogP contribution in [0.4, 0.5) is 0 Å². The minimum Gasteiger partial charge on any atom is -0.378 e. The number of rotatable bonds is 5. The Morgan fingerprint density at radius 2 is 2.07 bits per heavy atom. The lowest BCUT2D eigenvalue weighted by molar-refractivity contribution is 0.0548. The summed E-state index contributed by atoms with van der Waals surface area (Å²) in [5.41, 5.74) is 7.20. The lowest BCUT2D eigenvalue weighted by Crippen LogP contribution is -2.36. The molecule has 2 aliphatic rings. The van der Waals surface area contributed by atoms with Crippen molar-refractivity contribution in [1.29, 1.82) is 0 Å². The van der Waals surface area contributed by atoms with Gasteiger partial charge < -0.3 is 9.64 Å². The van der Waals surface area contributed by atoms with Gasteiger partial charge in [-0.05, 0) is 53.8 Å². The van der Waals surface area contributed by atoms with E-state index in [2.05, 4.69) is 31.7 Å². The number of carbonyl (C=O) groups is 1. The number of aromatic amines is 1. The molecule has 7 nitrogen and oxygen atoms in total. The Morgan fingerprint density at radius 3 is 2.80 bits per heavy atom. The number of nitrogens with zero attached hydrogens (tertiary/aromatic N) is 3. The highest BCUT2D eigenvalue weighted by Crippen LogP contribution is 2.36. The maximum Gasteiger partial charge on any atom is 0.289 e. The number of morpholine rings is 1. The van der Waals surface area contributed by atoms with Gasteiger partial charge in [0.2, 0.25) is 0 Å². The van der Waals surface area contributed by atoms with Gasteiger partial charge in [-0.1, -0.05) is 29.3 Å². The van der Waals surface area contributed by atoms with Crippen LogP contribution in [0.25, 0.3) is 6.08 Å². The van der Waals surface area contributed by atoms with Crippen molar-refractivity contribution in [3.63, 3.8) is 0 Å². The molecule has 2 heterocycles. The van der Waals surface area contributed by atoms with Crippen LogP contribution in [0.2, 0.25) is 10.0 Å². The van der Waals surface area contributed by atoms with E-state index in [0.717, 1.165) is 42.8 Å². The lowest BCUT2D eigenvalue weighted by atomic mass is 10.1. The standard InChI is InChI=1S/C21H21Cl2N5O2/c22-17-4-3-14(18(23)12-17)11-15-1-2-16(20(15)28-7-9-30-10-8-28)13-25-27-21(29)19-5-6-24-26-19/h3-6,11-13H,1-2,7-10H2,(H,24,26)(H,27,29). The second-order valence-corrected chi connectivity index (χ2v) is 7.82. The highest BCUT2D eigenvalue weighted by molar-refractivity contribution is 6.35. The molecule has 1 fully saturated rings. The number of benzene rings is 1. The summed E-state index contributed by atoms with van der Waals surface area (Å²) in [6.45, 7) is 2.97. The maximum atomic E-state index is 12.1. The molecule has 1 aliphatic carbocycles. The predicted octanol–water partition coefficient (Wildman–Crippen LogP) is 3.90. The summed E-state index contributed by atoms with van der Waals surface area (Å²) in [6, 6.07) is 7.09. The van der Waals surface area contributed by atoms with Crippen molar-refractivity contribution in [3.05, 3.63) is 68.6 Å². The second-order valence-electron chi connectivity index (χ2n) is 6.98. The molecule has 2 N–H and O–H groups in total. The number of carbonyl (C=O) groups excluding carboxylic acids is 1. The van der Waals surface area contributed by atoms with Gasteiger partial charge in [0.1, 0.15) is 5.69 Å². The molecule has 9 heteroatoms. The Morgan fingerprint density at radius 1 is 1.23 bits per heavy atom. The average Bonchev–Trinajstić information content (AvgIpc) is 3.41. The van der Waals surface area contributed by atoms with Crippen molar-refractivity contribution >= 4 is 41.4 Å². The van der Waals surface area contributed by atoms with Gasteiger partial charge in [-0.15, -0.1) is 0 Å². The van der Waals surface area contributed by atoms with Gasteiger partial charge >= 0.3 is 0 Å². The molecule has 0 bridgehead atoms. The molecule has 0 atom stereocenters. The molecule has 2 aromatic rings. The Labute approximate surface area is 184 Å². The molecule has 30 heavy (non-hydrogen) atoms. The van der Waals surface area contributed by atoms with Crippen LogP contribution in [0.1, 0.15) is 28.9 Å². The number of amides is 1. The molecule has 1 aliphatic heterocycles. The van der Waals surface area contributed by atoms with Gasteiger partial charge in [0, 0.05) is 35.0 Å². The third-order valence-electron chi connectivity index (χ3n) is 5.02. The fraction of sp³-hybridized carbons (Fsp3) is 0.286. The zero-order chi connectivity index (χ0) is 20.9. The quantitative estimate of drug-likeness (QED) is 0.539. The van der Waals surface area contributed by atoms with Crippen molar-refractivity contribution < 1.29 is 9.53 Å². The largest absolute Gasteiger partial charge is 0.378 e. The first-order valence-corrected chi connectivity index (χ1v) is 10.4. The zero-order valence-corrected chi connectivity index (χ0v) is 17.7. The summed E-state index contributed by atoms with van der Waals surface area (Å²) in [6.07, 6.45) is 7.04. The maximum absolute atomic E-state index is 12.1. The third-order valence-corrected chi connectivity index (χ3v) is 5.59. The highest BCUT2D eigenvalue weighted by Gasteiger charge is 2.25. The lowest BCUT2D eigenvalue weighted by Gasteiger charge is -2.31. The average molecular weight is 446 g/mol. The summed E-state index contributed by atoms with van der Waals surface area (Å²) in [7, 11) is 0. The first-order valence-electron chi connectivity index (χ1n) is 9.66. The molecule has 0 spiro atoms. The Hall–Kier alpha value is -2.61. The van der Waals surface area contributed by atoms with E-state index in [1.165, 1.54) is 11.8 Å². The number of hydrazone groups is 1. The van der Waals surface area contributed by atoms with Gasteiger partial charge in [-0.3, -0.25) is 9.89 Å². The predicted molar refractivity (Wildman–Crippen MR) is 118 cm³/mol. The molecule has 156 valence electrons. The van der Waals surface area contributed by atoms with E-state index in [9.17, 15) is 4.79 Å². The van der Waals surface area contributed by atoms with E-state index < -0.39 is 0 Å². The Balaban J connectivity index is 1.60. The highest BCUT2D eigenvalue weighted by atomic mass is 35.5. The minimum absolute atomic E-state index is 0.334. The fourth-order valence-electron chi connectivity index (χ4n) is 3.59. The first-order chi connectivity index (χ1) is 14.6. The Bertz CT molecular complexity index is 1010. The van der Waals surface area contributed by atoms with Gasteiger partial charge in [0.25, 0.3) is 5.91 Å². The summed E-state index contributed by atoms with van der Waals surface area (Å²) < 4.78 is 5.51. The monoisotopic (exact) mass is 445 g/mol. The normalized spacial score (nSPS) is 18.6. The zero-order valence-electron chi connectivity index (χ0n) is 16.2. The molecule has 4 rings (SSSR count). The van der Waals surface area contributed by atoms with Crippen LogP contribution in [0.5, 0.6) is 0 Å². The van der Waals surface area contributed by atoms with Crippen LogP contribution in [0, 0.1) is 0 Å². The van der Waals surface area contributed by atoms with Gasteiger partial charge in [-0.25, -0.2) is 5.43 Å². The smallest absolute Gasteiger partial charge is 0.289 e. The van der Waals surface area contributed by atoms with E-state index in [1.54, 1.807) is 18.3 Å². The number of ether oxygens (including phenoxy) is 1. The van der Waals surface area contributed by atoms with E-state index in [1.807, 2.05) is 12.1 Å². The van der Waals surface area contributed by atoms with E-state index in [-0.39, 0.29) is 5.91 Å². The molecule has 0 radical (unpaired) electrons. The van der Waals surface area contributed by atoms with Crippen LogP contribution in [0.3, 0.4) is 0 Å². The van der Waals surface area contributed by atoms with Gasteiger partial charge in [-0.2, -0.15) is 10.2 Å². The summed E-state index contributed by atoms with van der Waals surface area (Å²) in [4.78, 5) is 14.4. The van der Waals surface area contributed by atoms with E-state index >= 15 is 0 Å². The first kappa shape index (κ1) is 20.7. The molecular weight excluding hydrogens is 425 g/mol. The number of allylic oxidation sites excluding steroid dienone is 2. The summed E-state index contributed by atoms with van der Waals surface area (Å²) in [5, 5.41) is 11.8. The topological polar surface area (TPSA) is 82.6 Å². The molecule has 1 amide bonds. The van der Waals surface area contributed by atoms with Crippen LogP contribution >= 0.6 is 23.2 Å². The van der Waals surface area contributed by atoms with Crippen molar-refractivity contribution in [2.75, 3.05) is 26.3 Å². The van der Waals surface area contributed by atoms with E-state index in [0.29, 0.717) is 29.0 Å². The van der Waals surface area contributed by atoms with Crippen molar-refractivity contribution in [2.45, 2.75) is 12.8 Å². The van der Waals surface area contributed by atoms with Crippen LogP contribution < -0.4 is 5.43 Å². The molecule has 1 aromatic heterocycles. The third kappa shape index (κ3) is 4.75. The SMILES string of the molecule is O=C(NN=CC1=C(N2CCOCC2)C(=Cc2ccc(Cl)cc2Cl)CC1)c1ccn[nH]1. The summed E-state index contributed by atoms with van der Waals surface area (Å²) >= 11 is 12.4. The van der Waals surface area contributed by atoms with Crippen molar-refractivity contribution in [3.8, 4) is 0 Å². The number of hydrogen-bond acceptors (Lipinski definition) is 5. The number of aromatic nitrogens is 2. The van der Waals surface area contributed by atoms with Crippen LogP contribution in [-0.4, -0.2) is 53.5 Å². The fourth-order valence-corrected chi connectivity index (χ4v) is 4.05. The number of hydrogen-bond donors (Lipinski definition) is 2. The molecular formula is C21H21Cl2N5O2. The van der Waals surface area contributed by atoms with Crippen molar-refractivity contribution in [2.24, 2.45) is 5.10 Å². The van der Waals surface area contributed by atoms with Gasteiger partial charge in [0.05, 0.1) is 19.4 Å². The van der Waals surface area contributed by atoms with Crippen LogP contribution in [0.15, 0.2) is 52.4 Å². The summed E-state index contributed by atoms with van der Waals surface area (Å²) in [5.74, 6) is -0.334. The van der Waals surface area contributed by atoms with Gasteiger partial charge in [0.15, 0.2) is 0 Å². The molecule has 1 aromatic carbocycles. The van der Waals surface area contributed by atoms with Crippen molar-refractivity contribution in [1.82, 2.24) is 20.5 Å². The number of nitrogens with one attached hydrogen (secondary N) is 2. The minimum atomic E-state index is -0.334. The number of halogens is 2. The molecule has 0 unspecified atom stereocenters. The number of H-pyrrole nitrogens is 1. The second kappa shape index (κ2) is 9.47. The molecule has 0 saturated carbocycles.